The second-order valence-electron chi connectivity index (χ2n) is 6.21. The molecule has 1 aromatic heterocycles. The normalized spacial score (nSPS) is 13.8. The average molecular weight is 430 g/mol. The molecule has 2 heterocycles. The number of rotatable bonds is 7. The van der Waals surface area contributed by atoms with Gasteiger partial charge in [-0.3, -0.25) is 4.79 Å². The number of benzene rings is 1. The van der Waals surface area contributed by atoms with E-state index in [-0.39, 0.29) is 36.5 Å². The van der Waals surface area contributed by atoms with E-state index in [0.29, 0.717) is 23.6 Å². The fraction of sp³-hybridized carbons (Fsp3) is 0.368. The number of piperazine rings is 1. The van der Waals surface area contributed by atoms with Gasteiger partial charge in [0.05, 0.1) is 11.3 Å². The molecule has 9 heteroatoms. The predicted molar refractivity (Wildman–Crippen MR) is 115 cm³/mol. The van der Waals surface area contributed by atoms with Gasteiger partial charge in [-0.05, 0) is 37.2 Å². The highest BCUT2D eigenvalue weighted by Gasteiger charge is 2.14. The van der Waals surface area contributed by atoms with E-state index in [9.17, 15) is 9.18 Å². The summed E-state index contributed by atoms with van der Waals surface area (Å²) in [6.07, 6.45) is 2.46. The highest BCUT2D eigenvalue weighted by Crippen LogP contribution is 2.20. The van der Waals surface area contributed by atoms with E-state index in [2.05, 4.69) is 25.8 Å². The zero-order chi connectivity index (χ0) is 18.2. The fourth-order valence-corrected chi connectivity index (χ4v) is 2.91. The van der Waals surface area contributed by atoms with Crippen LogP contribution in [0.15, 0.2) is 42.6 Å². The van der Waals surface area contributed by atoms with E-state index in [0.717, 1.165) is 39.1 Å². The summed E-state index contributed by atoms with van der Waals surface area (Å²) in [5, 5.41) is 9.15. The standard InChI is InChI=1S/C19H24FN5O.2ClH/c20-16-6-1-2-7-17(16)24-18-15(5-3-8-22-18)19(26)23-9-4-12-25-13-10-21-11-14-25;;/h1-3,5-8,21H,4,9-14H2,(H,22,24)(H,23,26);2*1H. The van der Waals surface area contributed by atoms with Crippen LogP contribution in [0.5, 0.6) is 0 Å². The highest BCUT2D eigenvalue weighted by molar-refractivity contribution is 5.99. The van der Waals surface area contributed by atoms with Crippen molar-refractivity contribution in [2.75, 3.05) is 44.6 Å². The molecule has 1 aromatic carbocycles. The van der Waals surface area contributed by atoms with Crippen molar-refractivity contribution < 1.29 is 9.18 Å². The first kappa shape index (κ1) is 24.1. The number of halogens is 3. The van der Waals surface area contributed by atoms with Gasteiger partial charge in [-0.2, -0.15) is 0 Å². The summed E-state index contributed by atoms with van der Waals surface area (Å²) >= 11 is 0. The summed E-state index contributed by atoms with van der Waals surface area (Å²) in [5.74, 6) is -0.255. The van der Waals surface area contributed by atoms with Crippen LogP contribution in [0.3, 0.4) is 0 Å². The van der Waals surface area contributed by atoms with E-state index >= 15 is 0 Å². The van der Waals surface area contributed by atoms with Gasteiger partial charge in [0.25, 0.3) is 5.91 Å². The number of nitrogens with zero attached hydrogens (tertiary/aromatic N) is 2. The number of aromatic nitrogens is 1. The van der Waals surface area contributed by atoms with Crippen molar-refractivity contribution in [1.82, 2.24) is 20.5 Å². The van der Waals surface area contributed by atoms with Crippen LogP contribution in [0.2, 0.25) is 0 Å². The van der Waals surface area contributed by atoms with Gasteiger partial charge in [-0.25, -0.2) is 9.37 Å². The van der Waals surface area contributed by atoms with Gasteiger partial charge in [0.15, 0.2) is 0 Å². The lowest BCUT2D eigenvalue weighted by atomic mass is 10.2. The molecule has 1 amide bonds. The van der Waals surface area contributed by atoms with Crippen molar-refractivity contribution in [2.45, 2.75) is 6.42 Å². The molecule has 0 unspecified atom stereocenters. The maximum absolute atomic E-state index is 13.8. The lowest BCUT2D eigenvalue weighted by molar-refractivity contribution is 0.0952. The zero-order valence-corrected chi connectivity index (χ0v) is 17.1. The lowest BCUT2D eigenvalue weighted by Gasteiger charge is -2.27. The SMILES string of the molecule is Cl.Cl.O=C(NCCCN1CCNCC1)c1cccnc1Nc1ccccc1F. The smallest absolute Gasteiger partial charge is 0.255 e. The third-order valence-electron chi connectivity index (χ3n) is 4.33. The molecule has 0 atom stereocenters. The molecule has 3 rings (SSSR count). The maximum atomic E-state index is 13.8. The van der Waals surface area contributed by atoms with Crippen LogP contribution in [0.1, 0.15) is 16.8 Å². The van der Waals surface area contributed by atoms with Crippen molar-refractivity contribution in [3.05, 3.63) is 54.0 Å². The van der Waals surface area contributed by atoms with Crippen molar-refractivity contribution in [3.63, 3.8) is 0 Å². The van der Waals surface area contributed by atoms with Gasteiger partial charge in [0.2, 0.25) is 0 Å². The van der Waals surface area contributed by atoms with Gasteiger partial charge < -0.3 is 20.9 Å². The first-order chi connectivity index (χ1) is 12.7. The van der Waals surface area contributed by atoms with Crippen molar-refractivity contribution in [3.8, 4) is 0 Å². The molecule has 28 heavy (non-hydrogen) atoms. The molecule has 1 aliphatic rings. The molecule has 6 nitrogen and oxygen atoms in total. The van der Waals surface area contributed by atoms with Gasteiger partial charge in [-0.15, -0.1) is 24.8 Å². The number of carbonyl (C=O) groups excluding carboxylic acids is 1. The summed E-state index contributed by atoms with van der Waals surface area (Å²) in [5.41, 5.74) is 0.692. The van der Waals surface area contributed by atoms with E-state index in [1.807, 2.05) is 0 Å². The monoisotopic (exact) mass is 429 g/mol. The van der Waals surface area contributed by atoms with E-state index < -0.39 is 0 Å². The number of amides is 1. The van der Waals surface area contributed by atoms with Gasteiger partial charge in [0, 0.05) is 38.9 Å². The van der Waals surface area contributed by atoms with Crippen molar-refractivity contribution in [1.29, 1.82) is 0 Å². The van der Waals surface area contributed by atoms with E-state index in [1.54, 1.807) is 36.5 Å². The molecular weight excluding hydrogens is 404 g/mol. The van der Waals surface area contributed by atoms with Crippen LogP contribution < -0.4 is 16.0 Å². The van der Waals surface area contributed by atoms with E-state index in [1.165, 1.54) is 6.07 Å². The van der Waals surface area contributed by atoms with Gasteiger partial charge in [0.1, 0.15) is 11.6 Å². The average Bonchev–Trinajstić information content (AvgIpc) is 2.68. The maximum Gasteiger partial charge on any atom is 0.255 e. The molecule has 0 radical (unpaired) electrons. The molecule has 154 valence electrons. The first-order valence-electron chi connectivity index (χ1n) is 8.92. The zero-order valence-electron chi connectivity index (χ0n) is 15.5. The molecular formula is C19H26Cl2FN5O. The number of hydrogen-bond donors (Lipinski definition) is 3. The molecule has 0 saturated carbocycles. The summed E-state index contributed by atoms with van der Waals surface area (Å²) in [6.45, 7) is 5.70. The molecule has 1 aliphatic heterocycles. The number of nitrogens with one attached hydrogen (secondary N) is 3. The third kappa shape index (κ3) is 6.91. The highest BCUT2D eigenvalue weighted by atomic mass is 35.5. The fourth-order valence-electron chi connectivity index (χ4n) is 2.91. The number of carbonyl (C=O) groups is 1. The van der Waals surface area contributed by atoms with Crippen molar-refractivity contribution in [2.24, 2.45) is 0 Å². The quantitative estimate of drug-likeness (QED) is 0.590. The molecule has 2 aromatic rings. The third-order valence-corrected chi connectivity index (χ3v) is 4.33. The first-order valence-corrected chi connectivity index (χ1v) is 8.92. The predicted octanol–water partition coefficient (Wildman–Crippen LogP) is 2.83. The second-order valence-corrected chi connectivity index (χ2v) is 6.21. The Balaban J connectivity index is 0.00000196. The molecule has 0 aliphatic carbocycles. The molecule has 3 N–H and O–H groups in total. The Morgan fingerprint density at radius 3 is 2.64 bits per heavy atom. The molecule has 1 fully saturated rings. The minimum Gasteiger partial charge on any atom is -0.352 e. The Labute approximate surface area is 177 Å². The van der Waals surface area contributed by atoms with Gasteiger partial charge >= 0.3 is 0 Å². The number of pyridine rings is 1. The van der Waals surface area contributed by atoms with Gasteiger partial charge in [-0.1, -0.05) is 12.1 Å². The summed E-state index contributed by atoms with van der Waals surface area (Å²) in [7, 11) is 0. The van der Waals surface area contributed by atoms with Crippen LogP contribution in [0.25, 0.3) is 0 Å². The largest absolute Gasteiger partial charge is 0.352 e. The Morgan fingerprint density at radius 2 is 1.89 bits per heavy atom. The molecule has 1 saturated heterocycles. The van der Waals surface area contributed by atoms with Crippen LogP contribution in [-0.2, 0) is 0 Å². The number of hydrogen-bond acceptors (Lipinski definition) is 5. The Morgan fingerprint density at radius 1 is 1.14 bits per heavy atom. The minimum atomic E-state index is -0.388. The second kappa shape index (κ2) is 12.5. The number of para-hydroxylation sites is 1. The minimum absolute atomic E-state index is 0. The molecule has 0 bridgehead atoms. The van der Waals surface area contributed by atoms with Crippen molar-refractivity contribution >= 4 is 42.2 Å². The summed E-state index contributed by atoms with van der Waals surface area (Å²) < 4.78 is 13.8. The topological polar surface area (TPSA) is 69.3 Å². The van der Waals surface area contributed by atoms with Crippen LogP contribution in [0.4, 0.5) is 15.9 Å². The lowest BCUT2D eigenvalue weighted by Crippen LogP contribution is -2.44. The number of anilines is 2. The van der Waals surface area contributed by atoms with E-state index in [4.69, 9.17) is 0 Å². The molecule has 0 spiro atoms. The van der Waals surface area contributed by atoms with Crippen LogP contribution >= 0.6 is 24.8 Å². The van der Waals surface area contributed by atoms with Crippen LogP contribution in [-0.4, -0.2) is 55.1 Å². The Bertz CT molecular complexity index is 744. The van der Waals surface area contributed by atoms with Crippen LogP contribution in [0, 0.1) is 5.82 Å². The summed E-state index contributed by atoms with van der Waals surface area (Å²) in [4.78, 5) is 19.1. The summed E-state index contributed by atoms with van der Waals surface area (Å²) in [6, 6.07) is 9.69. The Kier molecular flexibility index (Phi) is 10.8. The Hall–Kier alpha value is -1.93.